The lowest BCUT2D eigenvalue weighted by molar-refractivity contribution is -0.137. The van der Waals surface area contributed by atoms with Crippen LogP contribution in [0.2, 0.25) is 0 Å². The molecule has 1 aromatic carbocycles. The zero-order valence-corrected chi connectivity index (χ0v) is 16.6. The van der Waals surface area contributed by atoms with Gasteiger partial charge in [-0.05, 0) is 39.8 Å². The highest BCUT2D eigenvalue weighted by Crippen LogP contribution is 2.14. The number of aryl methyl sites for hydroxylation is 1. The molecule has 28 heavy (non-hydrogen) atoms. The van der Waals surface area contributed by atoms with E-state index in [0.717, 1.165) is 16.5 Å². The Kier molecular flexibility index (Phi) is 6.23. The number of rotatable bonds is 5. The maximum Gasteiger partial charge on any atom is 0.374 e. The van der Waals surface area contributed by atoms with Crippen molar-refractivity contribution in [2.45, 2.75) is 33.2 Å². The summed E-state index contributed by atoms with van der Waals surface area (Å²) < 4.78 is 10.3. The van der Waals surface area contributed by atoms with Crippen LogP contribution in [0, 0.1) is 6.92 Å². The molecule has 0 bridgehead atoms. The standard InChI is InChI=1S/C20H24N2O6/c1-12-6-7-15-13(8-12)14(23)9-16(28-15)19(26)27-11-18(25)22(5)10-17(24)21-20(2,3)4/h6-9H,10-11H2,1-5H3,(H,21,24). The van der Waals surface area contributed by atoms with Gasteiger partial charge in [-0.2, -0.15) is 0 Å². The van der Waals surface area contributed by atoms with Crippen molar-refractivity contribution in [1.29, 1.82) is 0 Å². The van der Waals surface area contributed by atoms with Gasteiger partial charge in [-0.3, -0.25) is 14.4 Å². The number of fused-ring (bicyclic) bond motifs is 1. The van der Waals surface area contributed by atoms with Crippen LogP contribution in [0.15, 0.2) is 33.5 Å². The predicted octanol–water partition coefficient (Wildman–Crippen LogP) is 1.63. The van der Waals surface area contributed by atoms with Gasteiger partial charge in [-0.25, -0.2) is 4.79 Å². The minimum atomic E-state index is -0.930. The van der Waals surface area contributed by atoms with Crippen LogP contribution in [0.3, 0.4) is 0 Å². The fourth-order valence-corrected chi connectivity index (χ4v) is 2.44. The van der Waals surface area contributed by atoms with Crippen molar-refractivity contribution in [2.75, 3.05) is 20.2 Å². The highest BCUT2D eigenvalue weighted by Gasteiger charge is 2.20. The van der Waals surface area contributed by atoms with E-state index in [1.165, 1.54) is 7.05 Å². The molecule has 0 atom stereocenters. The summed E-state index contributed by atoms with van der Waals surface area (Å²) in [7, 11) is 1.43. The first-order valence-corrected chi connectivity index (χ1v) is 8.73. The Hall–Kier alpha value is -3.16. The fraction of sp³-hybridized carbons (Fsp3) is 0.400. The first-order valence-electron chi connectivity index (χ1n) is 8.73. The summed E-state index contributed by atoms with van der Waals surface area (Å²) in [6, 6.07) is 6.05. The van der Waals surface area contributed by atoms with Gasteiger partial charge in [0.25, 0.3) is 5.91 Å². The Balaban J connectivity index is 1.99. The Morgan fingerprint density at radius 3 is 2.50 bits per heavy atom. The minimum Gasteiger partial charge on any atom is -0.450 e. The zero-order chi connectivity index (χ0) is 21.1. The second-order valence-corrected chi connectivity index (χ2v) is 7.60. The largest absolute Gasteiger partial charge is 0.450 e. The van der Waals surface area contributed by atoms with E-state index in [1.54, 1.807) is 18.2 Å². The van der Waals surface area contributed by atoms with Crippen molar-refractivity contribution in [3.05, 3.63) is 45.8 Å². The number of amides is 2. The average Bonchev–Trinajstić information content (AvgIpc) is 2.57. The molecule has 0 spiro atoms. The first kappa shape index (κ1) is 21.1. The quantitative estimate of drug-likeness (QED) is 0.781. The van der Waals surface area contributed by atoms with Crippen LogP contribution in [-0.4, -0.2) is 48.4 Å². The van der Waals surface area contributed by atoms with Crippen molar-refractivity contribution in [2.24, 2.45) is 0 Å². The summed E-state index contributed by atoms with van der Waals surface area (Å²) in [5, 5.41) is 3.09. The summed E-state index contributed by atoms with van der Waals surface area (Å²) in [5.41, 5.74) is 0.352. The third kappa shape index (κ3) is 5.67. The molecular formula is C20H24N2O6. The normalized spacial score (nSPS) is 11.2. The van der Waals surface area contributed by atoms with Gasteiger partial charge in [0.15, 0.2) is 12.0 Å². The van der Waals surface area contributed by atoms with Crippen LogP contribution in [0.25, 0.3) is 11.0 Å². The monoisotopic (exact) mass is 388 g/mol. The summed E-state index contributed by atoms with van der Waals surface area (Å²) in [6.45, 7) is 6.57. The number of carbonyl (C=O) groups is 3. The van der Waals surface area contributed by atoms with Crippen molar-refractivity contribution < 1.29 is 23.5 Å². The first-order chi connectivity index (χ1) is 13.0. The van der Waals surface area contributed by atoms with Crippen molar-refractivity contribution in [3.8, 4) is 0 Å². The summed E-state index contributed by atoms with van der Waals surface area (Å²) >= 11 is 0. The van der Waals surface area contributed by atoms with E-state index in [9.17, 15) is 19.2 Å². The van der Waals surface area contributed by atoms with Gasteiger partial charge >= 0.3 is 5.97 Å². The smallest absolute Gasteiger partial charge is 0.374 e. The summed E-state index contributed by atoms with van der Waals surface area (Å²) in [4.78, 5) is 49.4. The van der Waals surface area contributed by atoms with Gasteiger partial charge in [-0.15, -0.1) is 0 Å². The maximum atomic E-state index is 12.2. The van der Waals surface area contributed by atoms with E-state index in [0.29, 0.717) is 5.39 Å². The van der Waals surface area contributed by atoms with Crippen LogP contribution < -0.4 is 10.7 Å². The number of nitrogens with one attached hydrogen (secondary N) is 1. The number of esters is 1. The summed E-state index contributed by atoms with van der Waals surface area (Å²) in [6.07, 6.45) is 0. The number of likely N-dealkylation sites (N-methyl/N-ethyl adjacent to an activating group) is 1. The molecule has 0 aliphatic carbocycles. The molecule has 0 saturated carbocycles. The number of hydrogen-bond donors (Lipinski definition) is 1. The second kappa shape index (κ2) is 8.24. The highest BCUT2D eigenvalue weighted by atomic mass is 16.5. The van der Waals surface area contributed by atoms with Gasteiger partial charge < -0.3 is 19.4 Å². The molecule has 1 N–H and O–H groups in total. The molecule has 2 amide bonds. The van der Waals surface area contributed by atoms with Gasteiger partial charge in [-0.1, -0.05) is 11.6 Å². The molecule has 8 nitrogen and oxygen atoms in total. The fourth-order valence-electron chi connectivity index (χ4n) is 2.44. The number of benzene rings is 1. The van der Waals surface area contributed by atoms with E-state index in [4.69, 9.17) is 9.15 Å². The third-order valence-electron chi connectivity index (χ3n) is 3.73. The summed E-state index contributed by atoms with van der Waals surface area (Å²) in [5.74, 6) is -2.11. The Labute approximate surface area is 162 Å². The molecule has 2 rings (SSSR count). The predicted molar refractivity (Wildman–Crippen MR) is 103 cm³/mol. The van der Waals surface area contributed by atoms with Crippen LogP contribution in [0.5, 0.6) is 0 Å². The maximum absolute atomic E-state index is 12.2. The molecule has 1 aromatic heterocycles. The molecule has 0 fully saturated rings. The number of hydrogen-bond acceptors (Lipinski definition) is 6. The van der Waals surface area contributed by atoms with E-state index < -0.39 is 24.0 Å². The molecule has 2 aromatic rings. The van der Waals surface area contributed by atoms with E-state index >= 15 is 0 Å². The van der Waals surface area contributed by atoms with E-state index in [-0.39, 0.29) is 29.2 Å². The average molecular weight is 388 g/mol. The molecule has 0 radical (unpaired) electrons. The lowest BCUT2D eigenvalue weighted by Crippen LogP contribution is -2.46. The van der Waals surface area contributed by atoms with Crippen LogP contribution >= 0.6 is 0 Å². The van der Waals surface area contributed by atoms with Gasteiger partial charge in [0, 0.05) is 18.7 Å². The lowest BCUT2D eigenvalue weighted by atomic mass is 10.1. The van der Waals surface area contributed by atoms with Gasteiger partial charge in [0.1, 0.15) is 5.58 Å². The SMILES string of the molecule is Cc1ccc2oc(C(=O)OCC(=O)N(C)CC(=O)NC(C)(C)C)cc(=O)c2c1. The molecular weight excluding hydrogens is 364 g/mol. The van der Waals surface area contributed by atoms with Crippen LogP contribution in [-0.2, 0) is 14.3 Å². The molecule has 0 unspecified atom stereocenters. The number of ether oxygens (including phenoxy) is 1. The number of carbonyl (C=O) groups excluding carboxylic acids is 3. The Morgan fingerprint density at radius 1 is 1.18 bits per heavy atom. The molecule has 0 aliphatic heterocycles. The minimum absolute atomic E-state index is 0.169. The van der Waals surface area contributed by atoms with Crippen LogP contribution in [0.1, 0.15) is 36.9 Å². The molecule has 8 heteroatoms. The van der Waals surface area contributed by atoms with E-state index in [1.807, 2.05) is 27.7 Å². The third-order valence-corrected chi connectivity index (χ3v) is 3.73. The van der Waals surface area contributed by atoms with Crippen LogP contribution in [0.4, 0.5) is 0 Å². The molecule has 0 saturated heterocycles. The Morgan fingerprint density at radius 2 is 1.86 bits per heavy atom. The number of nitrogens with zero attached hydrogens (tertiary/aromatic N) is 1. The van der Waals surface area contributed by atoms with E-state index in [2.05, 4.69) is 5.32 Å². The lowest BCUT2D eigenvalue weighted by Gasteiger charge is -2.23. The highest BCUT2D eigenvalue weighted by molar-refractivity contribution is 5.91. The topological polar surface area (TPSA) is 106 Å². The molecule has 1 heterocycles. The van der Waals surface area contributed by atoms with Gasteiger partial charge in [0.2, 0.25) is 11.7 Å². The molecule has 150 valence electrons. The van der Waals surface area contributed by atoms with Gasteiger partial charge in [0.05, 0.1) is 11.9 Å². The molecule has 0 aliphatic rings. The van der Waals surface area contributed by atoms with Crippen molar-refractivity contribution >= 4 is 28.8 Å². The van der Waals surface area contributed by atoms with Crippen molar-refractivity contribution in [1.82, 2.24) is 10.2 Å². The second-order valence-electron chi connectivity index (χ2n) is 7.60. The zero-order valence-electron chi connectivity index (χ0n) is 16.6. The Bertz CT molecular complexity index is 971. The van der Waals surface area contributed by atoms with Crippen molar-refractivity contribution in [3.63, 3.8) is 0 Å².